The third-order valence-electron chi connectivity index (χ3n) is 5.54. The second-order valence-corrected chi connectivity index (χ2v) is 11.6. The lowest BCUT2D eigenvalue weighted by molar-refractivity contribution is 0.0600. The molecule has 0 amide bonds. The Kier molecular flexibility index (Phi) is 7.35. The number of hydrogen-bond donors (Lipinski definition) is 2. The summed E-state index contributed by atoms with van der Waals surface area (Å²) in [6.45, 7) is 2.67. The maximum Gasteiger partial charge on any atom is 0.337 e. The van der Waals surface area contributed by atoms with E-state index in [9.17, 15) is 26.7 Å². The number of sulfonamides is 1. The summed E-state index contributed by atoms with van der Waals surface area (Å²) in [6, 6.07) is 8.53. The number of esters is 1. The molecule has 2 aromatic carbocycles. The molecule has 1 saturated heterocycles. The van der Waals surface area contributed by atoms with Gasteiger partial charge in [-0.15, -0.1) is 0 Å². The van der Waals surface area contributed by atoms with Crippen molar-refractivity contribution in [3.8, 4) is 0 Å². The number of piperidine rings is 1. The van der Waals surface area contributed by atoms with Crippen molar-refractivity contribution in [3.05, 3.63) is 47.5 Å². The number of carbonyl (C=O) groups excluding carboxylic acids is 1. The Morgan fingerprint density at radius 2 is 1.91 bits per heavy atom. The molecule has 11 heteroatoms. The zero-order valence-corrected chi connectivity index (χ0v) is 20.4. The number of methoxy groups -OCH3 is 1. The minimum Gasteiger partial charge on any atom is -0.465 e. The molecule has 0 aromatic heterocycles. The Morgan fingerprint density at radius 3 is 2.52 bits per heavy atom. The van der Waals surface area contributed by atoms with Crippen LogP contribution in [0, 0.1) is 0 Å². The van der Waals surface area contributed by atoms with Crippen LogP contribution in [0.3, 0.4) is 0 Å². The number of anilines is 2. The average molecular weight is 497 g/mol. The fourth-order valence-corrected chi connectivity index (χ4v) is 5.87. The number of aliphatic hydroxyl groups is 1. The monoisotopic (exact) mass is 496 g/mol. The van der Waals surface area contributed by atoms with Gasteiger partial charge in [0.1, 0.15) is 0 Å². The summed E-state index contributed by atoms with van der Waals surface area (Å²) in [5, 5.41) is 10.1. The summed E-state index contributed by atoms with van der Waals surface area (Å²) in [5.41, 5.74) is 1.12. The van der Waals surface area contributed by atoms with Crippen LogP contribution in [-0.2, 0) is 31.0 Å². The zero-order valence-electron chi connectivity index (χ0n) is 18.7. The largest absolute Gasteiger partial charge is 0.465 e. The third-order valence-corrected chi connectivity index (χ3v) is 8.09. The van der Waals surface area contributed by atoms with E-state index in [-0.39, 0.29) is 21.0 Å². The first-order valence-corrected chi connectivity index (χ1v) is 13.8. The molecule has 0 radical (unpaired) electrons. The van der Waals surface area contributed by atoms with Crippen molar-refractivity contribution in [2.24, 2.45) is 0 Å². The van der Waals surface area contributed by atoms with Gasteiger partial charge >= 0.3 is 5.97 Å². The molecular weight excluding hydrogens is 468 g/mol. The minimum absolute atomic E-state index is 0.0412. The normalized spacial score (nSPS) is 17.0. The number of benzene rings is 2. The van der Waals surface area contributed by atoms with E-state index < -0.39 is 31.9 Å². The number of nitrogens with zero attached hydrogens (tertiary/aromatic N) is 1. The first-order valence-electron chi connectivity index (χ1n) is 10.5. The summed E-state index contributed by atoms with van der Waals surface area (Å²) in [6.07, 6.45) is 2.22. The molecule has 33 heavy (non-hydrogen) atoms. The maximum atomic E-state index is 13.4. The first kappa shape index (κ1) is 25.0. The quantitative estimate of drug-likeness (QED) is 0.558. The van der Waals surface area contributed by atoms with E-state index in [4.69, 9.17) is 4.74 Å². The summed E-state index contributed by atoms with van der Waals surface area (Å²) in [7, 11) is -6.59. The molecule has 0 aliphatic carbocycles. The highest BCUT2D eigenvalue weighted by atomic mass is 32.2. The SMILES string of the molecule is CCc1ccc(C(=O)OC)cc1S(=O)(=O)Nc1cc(S(C)(=O)=O)ccc1N1CCC[C@H](O)C1. The van der Waals surface area contributed by atoms with Gasteiger partial charge in [-0.25, -0.2) is 21.6 Å². The van der Waals surface area contributed by atoms with Crippen LogP contribution >= 0.6 is 0 Å². The predicted octanol–water partition coefficient (Wildman–Crippen LogP) is 2.20. The van der Waals surface area contributed by atoms with Gasteiger partial charge in [-0.05, 0) is 55.2 Å². The molecule has 0 saturated carbocycles. The molecule has 180 valence electrons. The topological polar surface area (TPSA) is 130 Å². The van der Waals surface area contributed by atoms with Crippen molar-refractivity contribution in [2.75, 3.05) is 36.1 Å². The number of carbonyl (C=O) groups is 1. The molecule has 2 aromatic rings. The van der Waals surface area contributed by atoms with Crippen molar-refractivity contribution in [2.45, 2.75) is 42.1 Å². The molecule has 3 rings (SSSR count). The van der Waals surface area contributed by atoms with Crippen LogP contribution in [0.15, 0.2) is 46.2 Å². The molecule has 2 N–H and O–H groups in total. The second-order valence-electron chi connectivity index (χ2n) is 7.97. The van der Waals surface area contributed by atoms with Crippen LogP contribution in [0.5, 0.6) is 0 Å². The number of rotatable bonds is 7. The molecular formula is C22H28N2O7S2. The van der Waals surface area contributed by atoms with E-state index in [1.165, 1.54) is 37.4 Å². The van der Waals surface area contributed by atoms with Crippen LogP contribution in [0.4, 0.5) is 11.4 Å². The lowest BCUT2D eigenvalue weighted by atomic mass is 10.1. The number of hydrogen-bond acceptors (Lipinski definition) is 8. The van der Waals surface area contributed by atoms with E-state index in [1.807, 2.05) is 4.90 Å². The average Bonchev–Trinajstić information content (AvgIpc) is 2.77. The summed E-state index contributed by atoms with van der Waals surface area (Å²) < 4.78 is 58.3. The van der Waals surface area contributed by atoms with E-state index >= 15 is 0 Å². The standard InChI is InChI=1S/C22H28N2O7S2/c1-4-15-7-8-16(22(26)31-2)12-21(15)33(29,30)23-19-13-18(32(3,27)28)9-10-20(19)24-11-5-6-17(25)14-24/h7-10,12-13,17,23,25H,4-6,11,14H2,1-3H3/t17-/m0/s1. The number of nitrogens with one attached hydrogen (secondary N) is 1. The van der Waals surface area contributed by atoms with Crippen LogP contribution in [-0.4, -0.2) is 60.5 Å². The minimum atomic E-state index is -4.20. The number of aryl methyl sites for hydroxylation is 1. The molecule has 1 aliphatic rings. The number of β-amino-alcohol motifs (C(OH)–C–C–N with tert-alkyl or cyclic N) is 1. The van der Waals surface area contributed by atoms with Crippen LogP contribution in [0.25, 0.3) is 0 Å². The van der Waals surface area contributed by atoms with Crippen molar-refractivity contribution in [1.29, 1.82) is 0 Å². The number of ether oxygens (including phenoxy) is 1. The van der Waals surface area contributed by atoms with Gasteiger partial charge in [0.2, 0.25) is 0 Å². The fourth-order valence-electron chi connectivity index (χ4n) is 3.82. The van der Waals surface area contributed by atoms with Crippen molar-refractivity contribution in [1.82, 2.24) is 0 Å². The lowest BCUT2D eigenvalue weighted by Gasteiger charge is -2.33. The zero-order chi connectivity index (χ0) is 24.4. The molecule has 0 bridgehead atoms. The molecule has 0 spiro atoms. The Hall–Kier alpha value is -2.63. The Bertz CT molecular complexity index is 1260. The van der Waals surface area contributed by atoms with Gasteiger partial charge in [0.15, 0.2) is 9.84 Å². The molecule has 1 atom stereocenters. The highest BCUT2D eigenvalue weighted by molar-refractivity contribution is 7.92. The maximum absolute atomic E-state index is 13.4. The predicted molar refractivity (Wildman–Crippen MR) is 125 cm³/mol. The molecule has 1 fully saturated rings. The molecule has 9 nitrogen and oxygen atoms in total. The Balaban J connectivity index is 2.11. The van der Waals surface area contributed by atoms with E-state index in [1.54, 1.807) is 13.0 Å². The van der Waals surface area contributed by atoms with Crippen LogP contribution in [0.1, 0.15) is 35.7 Å². The highest BCUT2D eigenvalue weighted by Crippen LogP contribution is 2.33. The van der Waals surface area contributed by atoms with Gasteiger partial charge in [0.25, 0.3) is 10.0 Å². The van der Waals surface area contributed by atoms with Crippen LogP contribution < -0.4 is 9.62 Å². The van der Waals surface area contributed by atoms with Crippen LogP contribution in [0.2, 0.25) is 0 Å². The Labute approximate surface area is 194 Å². The van der Waals surface area contributed by atoms with Gasteiger partial charge in [-0.2, -0.15) is 0 Å². The summed E-state index contributed by atoms with van der Waals surface area (Å²) in [4.78, 5) is 13.6. The fraction of sp³-hybridized carbons (Fsp3) is 0.409. The smallest absolute Gasteiger partial charge is 0.337 e. The highest BCUT2D eigenvalue weighted by Gasteiger charge is 2.26. The first-order chi connectivity index (χ1) is 15.5. The number of aliphatic hydroxyl groups excluding tert-OH is 1. The van der Waals surface area contributed by atoms with E-state index in [0.717, 1.165) is 6.26 Å². The van der Waals surface area contributed by atoms with E-state index in [2.05, 4.69) is 4.72 Å². The lowest BCUT2D eigenvalue weighted by Crippen LogP contribution is -2.38. The van der Waals surface area contributed by atoms with Crippen molar-refractivity contribution < 1.29 is 31.5 Å². The van der Waals surface area contributed by atoms with Gasteiger partial charge in [0, 0.05) is 19.3 Å². The van der Waals surface area contributed by atoms with Crippen molar-refractivity contribution in [3.63, 3.8) is 0 Å². The Morgan fingerprint density at radius 1 is 1.18 bits per heavy atom. The van der Waals surface area contributed by atoms with E-state index in [0.29, 0.717) is 43.6 Å². The number of sulfone groups is 1. The van der Waals surface area contributed by atoms with Crippen molar-refractivity contribution >= 4 is 37.2 Å². The van der Waals surface area contributed by atoms with Gasteiger partial charge in [-0.3, -0.25) is 4.72 Å². The molecule has 0 unspecified atom stereocenters. The van der Waals surface area contributed by atoms with Gasteiger partial charge in [-0.1, -0.05) is 13.0 Å². The summed E-state index contributed by atoms with van der Waals surface area (Å²) >= 11 is 0. The van der Waals surface area contributed by atoms with Gasteiger partial charge in [0.05, 0.1) is 39.9 Å². The summed E-state index contributed by atoms with van der Waals surface area (Å²) in [5.74, 6) is -0.670. The second kappa shape index (κ2) is 9.70. The third kappa shape index (κ3) is 5.66. The van der Waals surface area contributed by atoms with Gasteiger partial charge < -0.3 is 14.7 Å². The molecule has 1 heterocycles. The molecule has 1 aliphatic heterocycles.